The quantitative estimate of drug-likeness (QED) is 0.659. The molecule has 3 heterocycles. The number of carbonyl (C=O) groups excluding carboxylic acids is 2. The summed E-state index contributed by atoms with van der Waals surface area (Å²) < 4.78 is 5.75. The molecular formula is C25H28N4O3. The Hall–Kier alpha value is -3.22. The van der Waals surface area contributed by atoms with Crippen molar-refractivity contribution in [1.29, 1.82) is 0 Å². The van der Waals surface area contributed by atoms with Gasteiger partial charge in [0.05, 0.1) is 11.3 Å². The molecule has 1 N–H and O–H groups in total. The molecule has 1 aromatic carbocycles. The maximum atomic E-state index is 12.9. The Labute approximate surface area is 187 Å². The summed E-state index contributed by atoms with van der Waals surface area (Å²) in [6.45, 7) is 1.35. The summed E-state index contributed by atoms with van der Waals surface area (Å²) in [6, 6.07) is 9.75. The van der Waals surface area contributed by atoms with Crippen molar-refractivity contribution >= 4 is 22.8 Å². The van der Waals surface area contributed by atoms with Gasteiger partial charge < -0.3 is 14.6 Å². The lowest BCUT2D eigenvalue weighted by Crippen LogP contribution is -2.39. The van der Waals surface area contributed by atoms with Gasteiger partial charge in [0.2, 0.25) is 0 Å². The molecule has 1 saturated carbocycles. The molecule has 166 valence electrons. The van der Waals surface area contributed by atoms with Gasteiger partial charge in [0, 0.05) is 30.7 Å². The third-order valence-corrected chi connectivity index (χ3v) is 6.75. The van der Waals surface area contributed by atoms with Crippen LogP contribution in [0.3, 0.4) is 0 Å². The second-order valence-electron chi connectivity index (χ2n) is 8.93. The topological polar surface area (TPSA) is 88.3 Å². The van der Waals surface area contributed by atoms with Gasteiger partial charge in [-0.05, 0) is 50.2 Å². The lowest BCUT2D eigenvalue weighted by molar-refractivity contribution is 0.0660. The number of likely N-dealkylation sites (tertiary alicyclic amines) is 1. The highest BCUT2D eigenvalue weighted by Crippen LogP contribution is 2.26. The van der Waals surface area contributed by atoms with Crippen LogP contribution in [0.2, 0.25) is 0 Å². The van der Waals surface area contributed by atoms with Crippen LogP contribution in [0.15, 0.2) is 47.3 Å². The van der Waals surface area contributed by atoms with Crippen molar-refractivity contribution in [2.45, 2.75) is 51.0 Å². The van der Waals surface area contributed by atoms with Crippen molar-refractivity contribution in [1.82, 2.24) is 20.2 Å². The van der Waals surface area contributed by atoms with E-state index in [0.717, 1.165) is 48.8 Å². The van der Waals surface area contributed by atoms with Crippen LogP contribution in [0.4, 0.5) is 0 Å². The second-order valence-corrected chi connectivity index (χ2v) is 8.93. The summed E-state index contributed by atoms with van der Waals surface area (Å²) in [6.07, 6.45) is 10.1. The summed E-state index contributed by atoms with van der Waals surface area (Å²) in [5.74, 6) is 0.650. The SMILES string of the molecule is O=C(NC1CCCC1)c1cncnc1CC1CCN(C(=O)c2cc3ccccc3o2)CC1. The van der Waals surface area contributed by atoms with Gasteiger partial charge in [0.1, 0.15) is 11.9 Å². The van der Waals surface area contributed by atoms with Crippen LogP contribution in [-0.2, 0) is 6.42 Å². The zero-order valence-electron chi connectivity index (χ0n) is 18.1. The lowest BCUT2D eigenvalue weighted by atomic mass is 9.90. The fourth-order valence-electron chi connectivity index (χ4n) is 4.90. The molecule has 2 aromatic heterocycles. The molecule has 0 spiro atoms. The molecule has 1 saturated heterocycles. The Morgan fingerprint density at radius 1 is 1.09 bits per heavy atom. The fraction of sp³-hybridized carbons (Fsp3) is 0.440. The first-order chi connectivity index (χ1) is 15.7. The van der Waals surface area contributed by atoms with Crippen LogP contribution in [0.25, 0.3) is 11.0 Å². The summed E-state index contributed by atoms with van der Waals surface area (Å²) in [4.78, 5) is 36.1. The molecule has 2 amide bonds. The highest BCUT2D eigenvalue weighted by Gasteiger charge is 2.27. The van der Waals surface area contributed by atoms with E-state index in [1.54, 1.807) is 6.20 Å². The van der Waals surface area contributed by atoms with E-state index in [1.165, 1.54) is 19.2 Å². The fourth-order valence-corrected chi connectivity index (χ4v) is 4.90. The Bertz CT molecular complexity index is 1080. The number of piperidine rings is 1. The maximum Gasteiger partial charge on any atom is 0.289 e. The molecule has 2 fully saturated rings. The molecule has 7 heteroatoms. The average molecular weight is 433 g/mol. The highest BCUT2D eigenvalue weighted by molar-refractivity contribution is 5.96. The van der Waals surface area contributed by atoms with E-state index >= 15 is 0 Å². The van der Waals surface area contributed by atoms with Gasteiger partial charge in [0.15, 0.2) is 5.76 Å². The van der Waals surface area contributed by atoms with Gasteiger partial charge in [-0.2, -0.15) is 0 Å². The molecule has 0 unspecified atom stereocenters. The zero-order valence-corrected chi connectivity index (χ0v) is 18.1. The molecule has 1 aliphatic carbocycles. The smallest absolute Gasteiger partial charge is 0.289 e. The van der Waals surface area contributed by atoms with Crippen molar-refractivity contribution in [3.8, 4) is 0 Å². The largest absolute Gasteiger partial charge is 0.451 e. The number of furan rings is 1. The van der Waals surface area contributed by atoms with Gasteiger partial charge in [-0.3, -0.25) is 9.59 Å². The summed E-state index contributed by atoms with van der Waals surface area (Å²) in [7, 11) is 0. The van der Waals surface area contributed by atoms with Gasteiger partial charge in [0.25, 0.3) is 11.8 Å². The van der Waals surface area contributed by atoms with E-state index in [9.17, 15) is 9.59 Å². The van der Waals surface area contributed by atoms with Gasteiger partial charge >= 0.3 is 0 Å². The van der Waals surface area contributed by atoms with E-state index in [2.05, 4.69) is 15.3 Å². The minimum absolute atomic E-state index is 0.0571. The minimum Gasteiger partial charge on any atom is -0.451 e. The normalized spacial score (nSPS) is 17.7. The molecule has 0 atom stereocenters. The van der Waals surface area contributed by atoms with E-state index in [4.69, 9.17) is 4.42 Å². The molecule has 0 bridgehead atoms. The van der Waals surface area contributed by atoms with Crippen LogP contribution < -0.4 is 5.32 Å². The van der Waals surface area contributed by atoms with Crippen molar-refractivity contribution in [3.05, 3.63) is 59.9 Å². The van der Waals surface area contributed by atoms with Crippen LogP contribution >= 0.6 is 0 Å². The van der Waals surface area contributed by atoms with E-state index in [-0.39, 0.29) is 17.9 Å². The van der Waals surface area contributed by atoms with Crippen LogP contribution in [0, 0.1) is 5.92 Å². The van der Waals surface area contributed by atoms with Crippen molar-refractivity contribution in [3.63, 3.8) is 0 Å². The standard InChI is InChI=1S/C25H28N4O3/c30-24(28-19-6-2-3-7-19)20-15-26-16-27-21(20)13-17-9-11-29(12-10-17)25(31)23-14-18-5-1-4-8-22(18)32-23/h1,4-5,8,14-17,19H,2-3,6-7,9-13H2,(H,28,30). The van der Waals surface area contributed by atoms with E-state index in [1.807, 2.05) is 35.2 Å². The molecular weight excluding hydrogens is 404 g/mol. The van der Waals surface area contributed by atoms with Crippen molar-refractivity contribution in [2.24, 2.45) is 5.92 Å². The molecule has 0 radical (unpaired) electrons. The molecule has 7 nitrogen and oxygen atoms in total. The number of nitrogens with zero attached hydrogens (tertiary/aromatic N) is 3. The molecule has 1 aliphatic heterocycles. The van der Waals surface area contributed by atoms with Gasteiger partial charge in [-0.25, -0.2) is 9.97 Å². The number of nitrogens with one attached hydrogen (secondary N) is 1. The predicted octanol–water partition coefficient (Wildman–Crippen LogP) is 3.99. The number of aromatic nitrogens is 2. The maximum absolute atomic E-state index is 12.9. The number of amides is 2. The Balaban J connectivity index is 1.20. The molecule has 2 aliphatic rings. The van der Waals surface area contributed by atoms with E-state index in [0.29, 0.717) is 30.3 Å². The Morgan fingerprint density at radius 3 is 2.66 bits per heavy atom. The molecule has 3 aromatic rings. The van der Waals surface area contributed by atoms with Crippen molar-refractivity contribution in [2.75, 3.05) is 13.1 Å². The second kappa shape index (κ2) is 9.10. The zero-order chi connectivity index (χ0) is 21.9. The Kier molecular flexibility index (Phi) is 5.88. The monoisotopic (exact) mass is 432 g/mol. The summed E-state index contributed by atoms with van der Waals surface area (Å²) in [5.41, 5.74) is 2.12. The number of para-hydroxylation sites is 1. The predicted molar refractivity (Wildman–Crippen MR) is 120 cm³/mol. The van der Waals surface area contributed by atoms with Crippen LogP contribution in [0.5, 0.6) is 0 Å². The highest BCUT2D eigenvalue weighted by atomic mass is 16.3. The Morgan fingerprint density at radius 2 is 1.88 bits per heavy atom. The number of fused-ring (bicyclic) bond motifs is 1. The van der Waals surface area contributed by atoms with Crippen molar-refractivity contribution < 1.29 is 14.0 Å². The minimum atomic E-state index is -0.0648. The van der Waals surface area contributed by atoms with Crippen LogP contribution in [-0.4, -0.2) is 45.8 Å². The third-order valence-electron chi connectivity index (χ3n) is 6.75. The molecule has 32 heavy (non-hydrogen) atoms. The number of rotatable bonds is 5. The number of benzene rings is 1. The van der Waals surface area contributed by atoms with Gasteiger partial charge in [-0.1, -0.05) is 31.0 Å². The van der Waals surface area contributed by atoms with Crippen LogP contribution in [0.1, 0.15) is 65.1 Å². The van der Waals surface area contributed by atoms with Gasteiger partial charge in [-0.15, -0.1) is 0 Å². The summed E-state index contributed by atoms with van der Waals surface area (Å²) >= 11 is 0. The first-order valence-corrected chi connectivity index (χ1v) is 11.5. The first kappa shape index (κ1) is 20.7. The third kappa shape index (κ3) is 4.38. The average Bonchev–Trinajstić information content (AvgIpc) is 3.49. The van der Waals surface area contributed by atoms with E-state index < -0.39 is 0 Å². The number of carbonyl (C=O) groups is 2. The summed E-state index contributed by atoms with van der Waals surface area (Å²) in [5, 5.41) is 4.08. The lowest BCUT2D eigenvalue weighted by Gasteiger charge is -2.31. The first-order valence-electron chi connectivity index (χ1n) is 11.5. The number of hydrogen-bond acceptors (Lipinski definition) is 5. The number of hydrogen-bond donors (Lipinski definition) is 1. The molecule has 5 rings (SSSR count).